The molecule has 0 unspecified atom stereocenters. The van der Waals surface area contributed by atoms with E-state index in [9.17, 15) is 4.79 Å². The minimum absolute atomic E-state index is 0.00375. The fourth-order valence-electron chi connectivity index (χ4n) is 2.92. The molecule has 2 aromatic heterocycles. The van der Waals surface area contributed by atoms with Crippen molar-refractivity contribution in [2.75, 3.05) is 0 Å². The zero-order valence-electron chi connectivity index (χ0n) is 14.0. The number of unbranched alkanes of at least 4 members (excludes halogenated alkanes) is 3. The summed E-state index contributed by atoms with van der Waals surface area (Å²) in [6.45, 7) is 2.19. The number of nitrogens with zero attached hydrogens (tertiary/aromatic N) is 2. The molecule has 0 saturated heterocycles. The van der Waals surface area contributed by atoms with Crippen LogP contribution in [0.25, 0.3) is 17.1 Å². The summed E-state index contributed by atoms with van der Waals surface area (Å²) in [5.41, 5.74) is 2.80. The molecule has 0 amide bonds. The number of aromatic amines is 1. The number of nitrogens with one attached hydrogen (secondary N) is 1. The molecule has 124 valence electrons. The summed E-state index contributed by atoms with van der Waals surface area (Å²) in [4.78, 5) is 17.2. The molecular formula is C20H23N3O. The van der Waals surface area contributed by atoms with Gasteiger partial charge in [0.25, 0.3) is 5.56 Å². The van der Waals surface area contributed by atoms with Crippen LogP contribution in [0, 0.1) is 0 Å². The van der Waals surface area contributed by atoms with Gasteiger partial charge >= 0.3 is 0 Å². The van der Waals surface area contributed by atoms with Gasteiger partial charge in [0.15, 0.2) is 5.82 Å². The van der Waals surface area contributed by atoms with Crippen LogP contribution in [0.2, 0.25) is 0 Å². The predicted molar refractivity (Wildman–Crippen MR) is 97.5 cm³/mol. The van der Waals surface area contributed by atoms with E-state index >= 15 is 0 Å². The Morgan fingerprint density at radius 3 is 2.50 bits per heavy atom. The Morgan fingerprint density at radius 2 is 1.79 bits per heavy atom. The van der Waals surface area contributed by atoms with Gasteiger partial charge in [-0.1, -0.05) is 62.6 Å². The standard InChI is InChI=1S/C20H23N3O/c1-2-3-4-8-13-17-19(16-11-6-5-7-12-16)22-23(20(17)24)18-14-9-10-15-21-18/h5-7,9-12,14-15,22H,2-4,8,13H2,1H3. The summed E-state index contributed by atoms with van der Waals surface area (Å²) in [5, 5.41) is 3.27. The predicted octanol–water partition coefficient (Wildman–Crippen LogP) is 4.35. The Morgan fingerprint density at radius 1 is 1.00 bits per heavy atom. The molecule has 0 spiro atoms. The van der Waals surface area contributed by atoms with Crippen LogP contribution < -0.4 is 5.56 Å². The summed E-state index contributed by atoms with van der Waals surface area (Å²) in [6, 6.07) is 15.6. The van der Waals surface area contributed by atoms with Crippen molar-refractivity contribution in [1.29, 1.82) is 0 Å². The normalized spacial score (nSPS) is 10.9. The van der Waals surface area contributed by atoms with Crippen molar-refractivity contribution in [3.63, 3.8) is 0 Å². The highest BCUT2D eigenvalue weighted by Crippen LogP contribution is 2.22. The van der Waals surface area contributed by atoms with Gasteiger partial charge in [0, 0.05) is 11.8 Å². The van der Waals surface area contributed by atoms with Gasteiger partial charge in [0.1, 0.15) is 0 Å². The van der Waals surface area contributed by atoms with Crippen LogP contribution in [0.5, 0.6) is 0 Å². The highest BCUT2D eigenvalue weighted by atomic mass is 16.1. The highest BCUT2D eigenvalue weighted by Gasteiger charge is 2.16. The molecule has 24 heavy (non-hydrogen) atoms. The van der Waals surface area contributed by atoms with Crippen LogP contribution in [-0.2, 0) is 6.42 Å². The number of benzene rings is 1. The van der Waals surface area contributed by atoms with E-state index in [1.165, 1.54) is 12.8 Å². The Balaban J connectivity index is 2.01. The second kappa shape index (κ2) is 7.77. The summed E-state index contributed by atoms with van der Waals surface area (Å²) < 4.78 is 1.55. The minimum atomic E-state index is 0.00375. The third-order valence-electron chi connectivity index (χ3n) is 4.21. The Bertz CT molecular complexity index is 819. The number of hydrogen-bond acceptors (Lipinski definition) is 2. The molecule has 2 heterocycles. The van der Waals surface area contributed by atoms with Crippen LogP contribution in [0.4, 0.5) is 0 Å². The Hall–Kier alpha value is -2.62. The minimum Gasteiger partial charge on any atom is -0.289 e. The van der Waals surface area contributed by atoms with Gasteiger partial charge in [-0.2, -0.15) is 0 Å². The average Bonchev–Trinajstić information content (AvgIpc) is 2.97. The number of hydrogen-bond donors (Lipinski definition) is 1. The fourth-order valence-corrected chi connectivity index (χ4v) is 2.92. The molecule has 0 aliphatic heterocycles. The smallest absolute Gasteiger partial charge is 0.276 e. The van der Waals surface area contributed by atoms with E-state index in [0.29, 0.717) is 5.82 Å². The van der Waals surface area contributed by atoms with Crippen molar-refractivity contribution in [2.24, 2.45) is 0 Å². The van der Waals surface area contributed by atoms with Gasteiger partial charge in [0.05, 0.1) is 5.69 Å². The summed E-state index contributed by atoms with van der Waals surface area (Å²) in [5.74, 6) is 0.625. The van der Waals surface area contributed by atoms with Gasteiger partial charge in [-0.05, 0) is 30.5 Å². The molecule has 4 heteroatoms. The molecule has 3 rings (SSSR count). The molecule has 3 aromatic rings. The lowest BCUT2D eigenvalue weighted by molar-refractivity contribution is 0.665. The molecular weight excluding hydrogens is 298 g/mol. The SMILES string of the molecule is CCCCCCc1c(-c2ccccc2)[nH]n(-c2ccccn2)c1=O. The summed E-state index contributed by atoms with van der Waals surface area (Å²) in [6.07, 6.45) is 7.07. The highest BCUT2D eigenvalue weighted by molar-refractivity contribution is 5.63. The Kier molecular flexibility index (Phi) is 5.26. The van der Waals surface area contributed by atoms with E-state index in [0.717, 1.165) is 36.1 Å². The van der Waals surface area contributed by atoms with Gasteiger partial charge in [-0.25, -0.2) is 9.67 Å². The van der Waals surface area contributed by atoms with E-state index in [1.807, 2.05) is 48.5 Å². The van der Waals surface area contributed by atoms with Crippen LogP contribution in [-0.4, -0.2) is 14.8 Å². The van der Waals surface area contributed by atoms with E-state index in [2.05, 4.69) is 17.0 Å². The van der Waals surface area contributed by atoms with Crippen molar-refractivity contribution in [3.05, 3.63) is 70.6 Å². The number of rotatable bonds is 7. The molecule has 0 aliphatic carbocycles. The zero-order valence-corrected chi connectivity index (χ0v) is 14.0. The molecule has 0 saturated carbocycles. The molecule has 0 radical (unpaired) electrons. The van der Waals surface area contributed by atoms with Crippen LogP contribution in [0.1, 0.15) is 38.2 Å². The lowest BCUT2D eigenvalue weighted by Crippen LogP contribution is -2.18. The van der Waals surface area contributed by atoms with Crippen LogP contribution in [0.3, 0.4) is 0 Å². The van der Waals surface area contributed by atoms with Crippen LogP contribution in [0.15, 0.2) is 59.5 Å². The monoisotopic (exact) mass is 321 g/mol. The first-order valence-electron chi connectivity index (χ1n) is 8.62. The largest absolute Gasteiger partial charge is 0.289 e. The number of aromatic nitrogens is 3. The second-order valence-corrected chi connectivity index (χ2v) is 5.97. The van der Waals surface area contributed by atoms with Gasteiger partial charge in [-0.3, -0.25) is 9.89 Å². The first-order chi connectivity index (χ1) is 11.8. The first-order valence-corrected chi connectivity index (χ1v) is 8.62. The molecule has 1 N–H and O–H groups in total. The molecule has 1 aromatic carbocycles. The van der Waals surface area contributed by atoms with Gasteiger partial charge < -0.3 is 0 Å². The van der Waals surface area contributed by atoms with Gasteiger partial charge in [-0.15, -0.1) is 0 Å². The lowest BCUT2D eigenvalue weighted by Gasteiger charge is -2.02. The van der Waals surface area contributed by atoms with Crippen molar-refractivity contribution in [2.45, 2.75) is 39.0 Å². The molecule has 0 aliphatic rings. The number of pyridine rings is 1. The van der Waals surface area contributed by atoms with E-state index in [4.69, 9.17) is 0 Å². The average molecular weight is 321 g/mol. The summed E-state index contributed by atoms with van der Waals surface area (Å²) >= 11 is 0. The Labute approximate surface area is 142 Å². The van der Waals surface area contributed by atoms with Gasteiger partial charge in [0.2, 0.25) is 0 Å². The maximum atomic E-state index is 12.9. The lowest BCUT2D eigenvalue weighted by atomic mass is 10.0. The molecule has 4 nitrogen and oxygen atoms in total. The maximum absolute atomic E-state index is 12.9. The molecule has 0 fully saturated rings. The number of H-pyrrole nitrogens is 1. The van der Waals surface area contributed by atoms with Crippen molar-refractivity contribution in [3.8, 4) is 17.1 Å². The quantitative estimate of drug-likeness (QED) is 0.658. The van der Waals surface area contributed by atoms with Crippen molar-refractivity contribution >= 4 is 0 Å². The summed E-state index contributed by atoms with van der Waals surface area (Å²) in [7, 11) is 0. The zero-order chi connectivity index (χ0) is 16.8. The molecule has 0 atom stereocenters. The third kappa shape index (κ3) is 3.48. The van der Waals surface area contributed by atoms with Crippen molar-refractivity contribution < 1.29 is 0 Å². The fraction of sp³-hybridized carbons (Fsp3) is 0.300. The second-order valence-electron chi connectivity index (χ2n) is 5.97. The van der Waals surface area contributed by atoms with E-state index in [-0.39, 0.29) is 5.56 Å². The van der Waals surface area contributed by atoms with E-state index < -0.39 is 0 Å². The topological polar surface area (TPSA) is 50.7 Å². The maximum Gasteiger partial charge on any atom is 0.276 e. The molecule has 0 bridgehead atoms. The van der Waals surface area contributed by atoms with E-state index in [1.54, 1.807) is 10.9 Å². The van der Waals surface area contributed by atoms with Crippen LogP contribution >= 0.6 is 0 Å². The first kappa shape index (κ1) is 16.2. The van der Waals surface area contributed by atoms with Crippen molar-refractivity contribution in [1.82, 2.24) is 14.8 Å². The third-order valence-corrected chi connectivity index (χ3v) is 4.21.